The van der Waals surface area contributed by atoms with Crippen LogP contribution in [0.4, 0.5) is 11.5 Å². The summed E-state index contributed by atoms with van der Waals surface area (Å²) in [5.41, 5.74) is 5.28. The van der Waals surface area contributed by atoms with Gasteiger partial charge >= 0.3 is 0 Å². The van der Waals surface area contributed by atoms with Crippen LogP contribution in [-0.4, -0.2) is 87.2 Å². The Morgan fingerprint density at radius 1 is 0.939 bits per heavy atom. The van der Waals surface area contributed by atoms with Crippen molar-refractivity contribution in [3.8, 4) is 0 Å². The van der Waals surface area contributed by atoms with Gasteiger partial charge < -0.3 is 24.9 Å². The third kappa shape index (κ3) is 6.29. The number of anilines is 2. The van der Waals surface area contributed by atoms with Gasteiger partial charge in [0.1, 0.15) is 5.82 Å². The Hall–Kier alpha value is -2.07. The van der Waals surface area contributed by atoms with Crippen molar-refractivity contribution in [3.05, 3.63) is 53.2 Å². The number of likely N-dealkylation sites (N-methyl/N-ethyl adjacent to an activating group) is 1. The molecule has 2 saturated heterocycles. The molecule has 4 rings (SSSR count). The number of aryl methyl sites for hydroxylation is 1. The maximum atomic E-state index is 4.71. The van der Waals surface area contributed by atoms with E-state index in [0.717, 1.165) is 70.7 Å². The molecule has 2 aromatic rings. The lowest BCUT2D eigenvalue weighted by Crippen LogP contribution is -2.52. The maximum Gasteiger partial charge on any atom is 0.194 e. The zero-order valence-corrected chi connectivity index (χ0v) is 22.7. The highest BCUT2D eigenvalue weighted by atomic mass is 127. The molecule has 0 amide bonds. The third-order valence-electron chi connectivity index (χ3n) is 6.79. The molecule has 0 bridgehead atoms. The predicted octanol–water partition coefficient (Wildman–Crippen LogP) is 2.97. The highest BCUT2D eigenvalue weighted by Gasteiger charge is 2.21. The maximum absolute atomic E-state index is 4.71. The highest BCUT2D eigenvalue weighted by molar-refractivity contribution is 14.0. The molecular weight excluding hydrogens is 525 g/mol. The van der Waals surface area contributed by atoms with Crippen LogP contribution in [0.2, 0.25) is 0 Å². The molecule has 0 atom stereocenters. The summed E-state index contributed by atoms with van der Waals surface area (Å²) in [6.07, 6.45) is 1.99. The van der Waals surface area contributed by atoms with E-state index in [9.17, 15) is 0 Å². The second kappa shape index (κ2) is 11.9. The topological polar surface area (TPSA) is 50.2 Å². The first-order valence-corrected chi connectivity index (χ1v) is 11.7. The molecule has 33 heavy (non-hydrogen) atoms. The molecule has 3 heterocycles. The minimum Gasteiger partial charge on any atom is -0.368 e. The number of nitrogens with zero attached hydrogens (tertiary/aromatic N) is 6. The summed E-state index contributed by atoms with van der Waals surface area (Å²) in [6, 6.07) is 10.9. The van der Waals surface area contributed by atoms with Crippen LogP contribution in [0.25, 0.3) is 0 Å². The van der Waals surface area contributed by atoms with Gasteiger partial charge in [0.25, 0.3) is 0 Å². The van der Waals surface area contributed by atoms with E-state index >= 15 is 0 Å². The average molecular weight is 564 g/mol. The first-order valence-electron chi connectivity index (χ1n) is 11.7. The number of hydrogen-bond acceptors (Lipinski definition) is 5. The number of aliphatic imine (C=N–C) groups is 1. The average Bonchev–Trinajstić information content (AvgIpc) is 2.83. The molecule has 0 saturated carbocycles. The lowest BCUT2D eigenvalue weighted by Gasteiger charge is -2.38. The summed E-state index contributed by atoms with van der Waals surface area (Å²) in [5.74, 6) is 2.04. The number of aromatic nitrogens is 1. The van der Waals surface area contributed by atoms with Gasteiger partial charge in [0, 0.05) is 77.8 Å². The first kappa shape index (κ1) is 25.6. The van der Waals surface area contributed by atoms with Crippen LogP contribution in [0.3, 0.4) is 0 Å². The molecule has 180 valence electrons. The van der Waals surface area contributed by atoms with Crippen molar-refractivity contribution >= 4 is 41.4 Å². The van der Waals surface area contributed by atoms with E-state index < -0.39 is 0 Å². The largest absolute Gasteiger partial charge is 0.368 e. The normalized spacial score (nSPS) is 17.7. The number of nitrogens with one attached hydrogen (secondary N) is 1. The quantitative estimate of drug-likeness (QED) is 0.351. The van der Waals surface area contributed by atoms with Gasteiger partial charge in [-0.05, 0) is 49.7 Å². The Morgan fingerprint density at radius 3 is 2.27 bits per heavy atom. The fraction of sp³-hybridized carbons (Fsp3) is 0.520. The molecule has 7 nitrogen and oxygen atoms in total. The monoisotopic (exact) mass is 563 g/mol. The van der Waals surface area contributed by atoms with Crippen molar-refractivity contribution in [2.75, 3.05) is 76.3 Å². The summed E-state index contributed by atoms with van der Waals surface area (Å²) in [4.78, 5) is 18.8. The molecule has 2 aliphatic rings. The van der Waals surface area contributed by atoms with E-state index in [1.165, 1.54) is 22.4 Å². The van der Waals surface area contributed by atoms with Crippen LogP contribution in [0, 0.1) is 13.8 Å². The van der Waals surface area contributed by atoms with Crippen LogP contribution in [0.5, 0.6) is 0 Å². The molecule has 8 heteroatoms. The van der Waals surface area contributed by atoms with Gasteiger partial charge in [-0.1, -0.05) is 18.2 Å². The Kier molecular flexibility index (Phi) is 9.19. The van der Waals surface area contributed by atoms with Crippen LogP contribution in [-0.2, 0) is 6.54 Å². The molecule has 0 aliphatic carbocycles. The smallest absolute Gasteiger partial charge is 0.194 e. The number of benzene rings is 1. The Morgan fingerprint density at radius 2 is 1.64 bits per heavy atom. The molecule has 1 N–H and O–H groups in total. The van der Waals surface area contributed by atoms with E-state index in [-0.39, 0.29) is 24.0 Å². The van der Waals surface area contributed by atoms with Crippen molar-refractivity contribution in [3.63, 3.8) is 0 Å². The second-order valence-electron chi connectivity index (χ2n) is 8.91. The summed E-state index contributed by atoms with van der Waals surface area (Å²) in [6.45, 7) is 13.4. The Bertz CT molecular complexity index is 915. The van der Waals surface area contributed by atoms with Crippen molar-refractivity contribution in [1.82, 2.24) is 20.1 Å². The van der Waals surface area contributed by atoms with Crippen molar-refractivity contribution in [2.24, 2.45) is 4.99 Å². The summed E-state index contributed by atoms with van der Waals surface area (Å²) in [7, 11) is 4.05. The standard InChI is InChI=1S/C25H37N7.HI/c1-20-6-5-7-23(21(20)2)30-14-16-32(17-15-30)25(26-3)28-19-22-8-9-24(27-18-22)31-12-10-29(4)11-13-31;/h5-9,18H,10-17,19H2,1-4H3,(H,26,28);1H. The van der Waals surface area contributed by atoms with Crippen LogP contribution >= 0.6 is 24.0 Å². The summed E-state index contributed by atoms with van der Waals surface area (Å²) >= 11 is 0. The molecule has 1 aromatic carbocycles. The van der Waals surface area contributed by atoms with Crippen molar-refractivity contribution in [1.29, 1.82) is 0 Å². The number of halogens is 1. The van der Waals surface area contributed by atoms with Crippen LogP contribution in [0.1, 0.15) is 16.7 Å². The van der Waals surface area contributed by atoms with E-state index in [1.54, 1.807) is 0 Å². The molecule has 0 spiro atoms. The minimum atomic E-state index is 0. The van der Waals surface area contributed by atoms with Gasteiger partial charge in [0.05, 0.1) is 0 Å². The van der Waals surface area contributed by atoms with Crippen molar-refractivity contribution in [2.45, 2.75) is 20.4 Å². The lowest BCUT2D eigenvalue weighted by atomic mass is 10.1. The molecule has 1 aromatic heterocycles. The zero-order chi connectivity index (χ0) is 22.5. The second-order valence-corrected chi connectivity index (χ2v) is 8.91. The predicted molar refractivity (Wildman–Crippen MR) is 149 cm³/mol. The molecule has 0 unspecified atom stereocenters. The number of rotatable bonds is 4. The zero-order valence-electron chi connectivity index (χ0n) is 20.4. The van der Waals surface area contributed by atoms with Gasteiger partial charge in [-0.2, -0.15) is 0 Å². The van der Waals surface area contributed by atoms with Crippen molar-refractivity contribution < 1.29 is 0 Å². The Balaban J connectivity index is 0.00000306. The van der Waals surface area contributed by atoms with Gasteiger partial charge in [0.15, 0.2) is 5.96 Å². The summed E-state index contributed by atoms with van der Waals surface area (Å²) in [5, 5.41) is 3.53. The summed E-state index contributed by atoms with van der Waals surface area (Å²) < 4.78 is 0. The fourth-order valence-corrected chi connectivity index (χ4v) is 4.49. The number of hydrogen-bond donors (Lipinski definition) is 1. The van der Waals surface area contributed by atoms with E-state index in [1.807, 2.05) is 13.2 Å². The molecule has 2 fully saturated rings. The minimum absolute atomic E-state index is 0. The number of piperazine rings is 2. The van der Waals surface area contributed by atoms with E-state index in [4.69, 9.17) is 4.98 Å². The van der Waals surface area contributed by atoms with E-state index in [2.05, 4.69) is 81.1 Å². The first-order chi connectivity index (χ1) is 15.5. The fourth-order valence-electron chi connectivity index (χ4n) is 4.49. The van der Waals surface area contributed by atoms with Crippen LogP contribution < -0.4 is 15.1 Å². The SMILES string of the molecule is CN=C(NCc1ccc(N2CCN(C)CC2)nc1)N1CCN(c2cccc(C)c2C)CC1.I. The van der Waals surface area contributed by atoms with Gasteiger partial charge in [-0.3, -0.25) is 4.99 Å². The van der Waals surface area contributed by atoms with E-state index in [0.29, 0.717) is 0 Å². The molecule has 0 radical (unpaired) electrons. The highest BCUT2D eigenvalue weighted by Crippen LogP contribution is 2.24. The Labute approximate surface area is 215 Å². The third-order valence-corrected chi connectivity index (χ3v) is 6.79. The van der Waals surface area contributed by atoms with Gasteiger partial charge in [0.2, 0.25) is 0 Å². The molecular formula is C25H38IN7. The number of guanidine groups is 1. The van der Waals surface area contributed by atoms with Gasteiger partial charge in [-0.15, -0.1) is 24.0 Å². The number of pyridine rings is 1. The molecule has 2 aliphatic heterocycles. The van der Waals surface area contributed by atoms with Gasteiger partial charge in [-0.25, -0.2) is 4.98 Å². The van der Waals surface area contributed by atoms with Crippen LogP contribution in [0.15, 0.2) is 41.5 Å². The lowest BCUT2D eigenvalue weighted by molar-refractivity contribution is 0.312.